The lowest BCUT2D eigenvalue weighted by molar-refractivity contribution is 0.0687. The maximum Gasteiger partial charge on any atom is 0.354 e. The van der Waals surface area contributed by atoms with E-state index in [4.69, 9.17) is 23.2 Å². The van der Waals surface area contributed by atoms with Crippen LogP contribution in [-0.2, 0) is 0 Å². The molecule has 4 rings (SSSR count). The predicted octanol–water partition coefficient (Wildman–Crippen LogP) is 5.38. The fourth-order valence-electron chi connectivity index (χ4n) is 3.05. The molecule has 0 aliphatic heterocycles. The van der Waals surface area contributed by atoms with Crippen LogP contribution in [0.5, 0.6) is 0 Å². The highest BCUT2D eigenvalue weighted by molar-refractivity contribution is 6.36. The van der Waals surface area contributed by atoms with Crippen molar-refractivity contribution in [1.29, 1.82) is 0 Å². The molecule has 0 aliphatic rings. The summed E-state index contributed by atoms with van der Waals surface area (Å²) in [5, 5.41) is 15.0. The van der Waals surface area contributed by atoms with E-state index in [1.807, 2.05) is 37.3 Å². The van der Waals surface area contributed by atoms with Crippen LogP contribution >= 0.6 is 23.2 Å². The maximum atomic E-state index is 11.9. The van der Waals surface area contributed by atoms with Crippen LogP contribution in [0.1, 0.15) is 16.2 Å². The highest BCUT2D eigenvalue weighted by Gasteiger charge is 2.21. The molecule has 27 heavy (non-hydrogen) atoms. The Labute approximate surface area is 164 Å². The average Bonchev–Trinajstić information content (AvgIpc) is 2.97. The first-order valence-electron chi connectivity index (χ1n) is 8.10. The van der Waals surface area contributed by atoms with Crippen LogP contribution < -0.4 is 0 Å². The second kappa shape index (κ2) is 6.68. The summed E-state index contributed by atoms with van der Waals surface area (Å²) in [6.45, 7) is 1.83. The molecule has 0 saturated heterocycles. The molecule has 0 unspecified atom stereocenters. The first-order chi connectivity index (χ1) is 13.0. The first kappa shape index (κ1) is 17.5. The van der Waals surface area contributed by atoms with Crippen molar-refractivity contribution in [3.63, 3.8) is 0 Å². The summed E-state index contributed by atoms with van der Waals surface area (Å²) in [5.41, 5.74) is 3.89. The molecule has 7 heteroatoms. The van der Waals surface area contributed by atoms with E-state index < -0.39 is 5.97 Å². The fraction of sp³-hybridized carbons (Fsp3) is 0.0500. The molecule has 4 aromatic rings. The summed E-state index contributed by atoms with van der Waals surface area (Å²) < 4.78 is 1.35. The molecule has 2 aromatic heterocycles. The zero-order valence-electron chi connectivity index (χ0n) is 14.1. The van der Waals surface area contributed by atoms with Gasteiger partial charge in [0.25, 0.3) is 0 Å². The highest BCUT2D eigenvalue weighted by Crippen LogP contribution is 2.33. The molecule has 5 nitrogen and oxygen atoms in total. The second-order valence-electron chi connectivity index (χ2n) is 6.02. The molecule has 0 bridgehead atoms. The van der Waals surface area contributed by atoms with E-state index in [0.717, 1.165) is 11.1 Å². The molecule has 2 heterocycles. The van der Waals surface area contributed by atoms with Gasteiger partial charge in [-0.05, 0) is 36.8 Å². The van der Waals surface area contributed by atoms with Crippen molar-refractivity contribution in [1.82, 2.24) is 14.6 Å². The largest absolute Gasteiger partial charge is 0.477 e. The topological polar surface area (TPSA) is 67.5 Å². The Bertz CT molecular complexity index is 1190. The van der Waals surface area contributed by atoms with Gasteiger partial charge in [-0.2, -0.15) is 5.10 Å². The molecule has 2 aromatic carbocycles. The van der Waals surface area contributed by atoms with E-state index >= 15 is 0 Å². The van der Waals surface area contributed by atoms with Gasteiger partial charge >= 0.3 is 5.97 Å². The van der Waals surface area contributed by atoms with Gasteiger partial charge in [0.15, 0.2) is 11.3 Å². The van der Waals surface area contributed by atoms with E-state index in [1.54, 1.807) is 18.2 Å². The van der Waals surface area contributed by atoms with Crippen LogP contribution in [-0.4, -0.2) is 25.7 Å². The lowest BCUT2D eigenvalue weighted by Crippen LogP contribution is -2.08. The number of benzene rings is 2. The number of carbonyl (C=O) groups is 1. The van der Waals surface area contributed by atoms with Crippen LogP contribution in [0.2, 0.25) is 10.0 Å². The maximum absolute atomic E-state index is 11.9. The molecule has 0 amide bonds. The number of fused-ring (bicyclic) bond motifs is 1. The Morgan fingerprint density at radius 3 is 2.48 bits per heavy atom. The minimum absolute atomic E-state index is 0.00583. The van der Waals surface area contributed by atoms with E-state index in [2.05, 4.69) is 10.1 Å². The van der Waals surface area contributed by atoms with Crippen molar-refractivity contribution in [3.8, 4) is 22.4 Å². The molecule has 1 N–H and O–H groups in total. The van der Waals surface area contributed by atoms with Crippen molar-refractivity contribution >= 4 is 34.8 Å². The zero-order chi connectivity index (χ0) is 19.1. The SMILES string of the molecule is Cc1nn2c(C(=O)O)cc(-c3ccc(Cl)cc3Cl)nc2c1-c1ccccc1. The molecule has 0 radical (unpaired) electrons. The number of nitrogens with zero attached hydrogens (tertiary/aromatic N) is 3. The van der Waals surface area contributed by atoms with E-state index in [9.17, 15) is 9.90 Å². The number of hydrogen-bond donors (Lipinski definition) is 1. The number of halogens is 2. The molecule has 0 fully saturated rings. The molecule has 0 saturated carbocycles. The van der Waals surface area contributed by atoms with Crippen molar-refractivity contribution in [3.05, 3.63) is 76.0 Å². The third-order valence-electron chi connectivity index (χ3n) is 4.25. The van der Waals surface area contributed by atoms with Crippen molar-refractivity contribution in [2.45, 2.75) is 6.92 Å². The lowest BCUT2D eigenvalue weighted by Gasteiger charge is -2.08. The third kappa shape index (κ3) is 3.05. The van der Waals surface area contributed by atoms with Gasteiger partial charge in [-0.3, -0.25) is 0 Å². The van der Waals surface area contributed by atoms with Gasteiger partial charge in [-0.1, -0.05) is 53.5 Å². The Balaban J connectivity index is 2.07. The quantitative estimate of drug-likeness (QED) is 0.503. The van der Waals surface area contributed by atoms with E-state index in [-0.39, 0.29) is 5.69 Å². The number of hydrogen-bond acceptors (Lipinski definition) is 3. The van der Waals surface area contributed by atoms with Gasteiger partial charge in [-0.25, -0.2) is 14.3 Å². The molecule has 0 atom stereocenters. The molecule has 134 valence electrons. The third-order valence-corrected chi connectivity index (χ3v) is 4.80. The number of carboxylic acids is 1. The Morgan fingerprint density at radius 1 is 1.07 bits per heavy atom. The molecule has 0 aliphatic carbocycles. The number of aromatic nitrogens is 3. The minimum atomic E-state index is -1.10. The predicted molar refractivity (Wildman–Crippen MR) is 106 cm³/mol. The van der Waals surface area contributed by atoms with Gasteiger partial charge in [-0.15, -0.1) is 0 Å². The summed E-state index contributed by atoms with van der Waals surface area (Å²) in [4.78, 5) is 16.5. The summed E-state index contributed by atoms with van der Waals surface area (Å²) in [6, 6.07) is 16.1. The summed E-state index contributed by atoms with van der Waals surface area (Å²) in [5.74, 6) is -1.10. The normalized spacial score (nSPS) is 11.1. The van der Waals surface area contributed by atoms with Crippen molar-refractivity contribution < 1.29 is 9.90 Å². The van der Waals surface area contributed by atoms with E-state index in [1.165, 1.54) is 10.6 Å². The van der Waals surface area contributed by atoms with Gasteiger partial charge < -0.3 is 5.11 Å². The highest BCUT2D eigenvalue weighted by atomic mass is 35.5. The first-order valence-corrected chi connectivity index (χ1v) is 8.86. The molecular weight excluding hydrogens is 385 g/mol. The average molecular weight is 398 g/mol. The Morgan fingerprint density at radius 2 is 1.81 bits per heavy atom. The van der Waals surface area contributed by atoms with Crippen LogP contribution in [0.25, 0.3) is 28.0 Å². The lowest BCUT2D eigenvalue weighted by atomic mass is 10.1. The summed E-state index contributed by atoms with van der Waals surface area (Å²) in [7, 11) is 0. The summed E-state index contributed by atoms with van der Waals surface area (Å²) in [6.07, 6.45) is 0. The Kier molecular flexibility index (Phi) is 4.34. The van der Waals surface area contributed by atoms with Gasteiger partial charge in [0.05, 0.1) is 16.4 Å². The van der Waals surface area contributed by atoms with Crippen LogP contribution in [0.4, 0.5) is 0 Å². The summed E-state index contributed by atoms with van der Waals surface area (Å²) >= 11 is 12.3. The minimum Gasteiger partial charge on any atom is -0.477 e. The van der Waals surface area contributed by atoms with Gasteiger partial charge in [0, 0.05) is 16.1 Å². The van der Waals surface area contributed by atoms with Crippen LogP contribution in [0.3, 0.4) is 0 Å². The van der Waals surface area contributed by atoms with Crippen LogP contribution in [0, 0.1) is 6.92 Å². The smallest absolute Gasteiger partial charge is 0.354 e. The van der Waals surface area contributed by atoms with Gasteiger partial charge in [0.1, 0.15) is 0 Å². The fourth-order valence-corrected chi connectivity index (χ4v) is 3.56. The molecular formula is C20H13Cl2N3O2. The monoisotopic (exact) mass is 397 g/mol. The van der Waals surface area contributed by atoms with Gasteiger partial charge in [0.2, 0.25) is 0 Å². The number of aromatic carboxylic acids is 1. The second-order valence-corrected chi connectivity index (χ2v) is 6.86. The Hall–Kier alpha value is -2.89. The molecule has 0 spiro atoms. The zero-order valence-corrected chi connectivity index (χ0v) is 15.7. The number of carboxylic acid groups (broad SMARTS) is 1. The van der Waals surface area contributed by atoms with Crippen molar-refractivity contribution in [2.75, 3.05) is 0 Å². The van der Waals surface area contributed by atoms with E-state index in [0.29, 0.717) is 32.6 Å². The number of rotatable bonds is 3. The van der Waals surface area contributed by atoms with Crippen molar-refractivity contribution in [2.24, 2.45) is 0 Å². The van der Waals surface area contributed by atoms with Crippen LogP contribution in [0.15, 0.2) is 54.6 Å². The standard InChI is InChI=1S/C20H13Cl2N3O2/c1-11-18(12-5-3-2-4-6-12)19-23-16(10-17(20(26)27)25(19)24-11)14-8-7-13(21)9-15(14)22/h2-10H,1H3,(H,26,27). The number of aryl methyl sites for hydroxylation is 1.